The van der Waals surface area contributed by atoms with Gasteiger partial charge in [0.2, 0.25) is 5.88 Å². The van der Waals surface area contributed by atoms with Crippen LogP contribution in [-0.2, 0) is 11.3 Å². The van der Waals surface area contributed by atoms with Crippen LogP contribution in [0.25, 0.3) is 10.9 Å². The van der Waals surface area contributed by atoms with Gasteiger partial charge in [-0.1, -0.05) is 25.1 Å². The van der Waals surface area contributed by atoms with Crippen LogP contribution in [0.1, 0.15) is 12.5 Å². The van der Waals surface area contributed by atoms with Gasteiger partial charge in [-0.2, -0.15) is 0 Å². The quantitative estimate of drug-likeness (QED) is 0.828. The highest BCUT2D eigenvalue weighted by atomic mass is 35.5. The molecule has 128 valence electrons. The number of aromatic nitrogens is 1. The molecule has 1 aliphatic rings. The molecule has 24 heavy (non-hydrogen) atoms. The topological polar surface area (TPSA) is 43.4 Å². The third-order valence-corrected chi connectivity index (χ3v) is 4.06. The Morgan fingerprint density at radius 2 is 2.25 bits per heavy atom. The summed E-state index contributed by atoms with van der Waals surface area (Å²) in [6.45, 7) is 8.93. The molecule has 1 saturated heterocycles. The van der Waals surface area contributed by atoms with Gasteiger partial charge in [0.05, 0.1) is 18.7 Å². The molecule has 1 fully saturated rings. The highest BCUT2D eigenvalue weighted by molar-refractivity contribution is 6.29. The fourth-order valence-electron chi connectivity index (χ4n) is 2.62. The van der Waals surface area contributed by atoms with Crippen molar-refractivity contribution in [2.45, 2.75) is 13.5 Å². The van der Waals surface area contributed by atoms with Crippen molar-refractivity contribution < 1.29 is 13.9 Å². The van der Waals surface area contributed by atoms with E-state index in [2.05, 4.69) is 23.8 Å². The summed E-state index contributed by atoms with van der Waals surface area (Å²) in [5, 5.41) is 4.67. The number of hydrogen-bond acceptors (Lipinski definition) is 4. The zero-order valence-electron chi connectivity index (χ0n) is 13.6. The van der Waals surface area contributed by atoms with Crippen molar-refractivity contribution in [3.8, 4) is 5.88 Å². The molecule has 0 unspecified atom stereocenters. The van der Waals surface area contributed by atoms with E-state index in [9.17, 15) is 4.39 Å². The highest BCUT2D eigenvalue weighted by Gasteiger charge is 2.32. The van der Waals surface area contributed by atoms with Gasteiger partial charge in [0.25, 0.3) is 0 Å². The second-order valence-electron chi connectivity index (χ2n) is 6.50. The zero-order chi connectivity index (χ0) is 17.2. The van der Waals surface area contributed by atoms with Crippen LogP contribution in [0.5, 0.6) is 5.88 Å². The van der Waals surface area contributed by atoms with Crippen LogP contribution in [0.15, 0.2) is 35.9 Å². The first kappa shape index (κ1) is 17.1. The van der Waals surface area contributed by atoms with Crippen molar-refractivity contribution >= 4 is 22.5 Å². The van der Waals surface area contributed by atoms with E-state index >= 15 is 0 Å². The van der Waals surface area contributed by atoms with E-state index in [1.807, 2.05) is 6.07 Å². The van der Waals surface area contributed by atoms with E-state index in [0.29, 0.717) is 23.0 Å². The summed E-state index contributed by atoms with van der Waals surface area (Å²) in [7, 11) is 0. The molecule has 0 saturated carbocycles. The van der Waals surface area contributed by atoms with Crippen molar-refractivity contribution in [3.05, 3.63) is 47.3 Å². The molecule has 1 N–H and O–H groups in total. The second kappa shape index (κ2) is 7.05. The van der Waals surface area contributed by atoms with Gasteiger partial charge in [0, 0.05) is 40.6 Å². The molecule has 1 aliphatic heterocycles. The first-order valence-corrected chi connectivity index (χ1v) is 8.17. The Labute approximate surface area is 145 Å². The van der Waals surface area contributed by atoms with Gasteiger partial charge < -0.3 is 14.8 Å². The van der Waals surface area contributed by atoms with Crippen LogP contribution < -0.4 is 10.1 Å². The molecule has 0 atom stereocenters. The number of ether oxygens (including phenoxy) is 2. The van der Waals surface area contributed by atoms with Crippen LogP contribution in [0.2, 0.25) is 0 Å². The number of rotatable bonds is 7. The normalized spacial score (nSPS) is 16.0. The predicted octanol–water partition coefficient (Wildman–Crippen LogP) is 3.63. The van der Waals surface area contributed by atoms with Crippen molar-refractivity contribution in [1.29, 1.82) is 0 Å². The van der Waals surface area contributed by atoms with Crippen LogP contribution in [0, 0.1) is 11.2 Å². The maximum atomic E-state index is 13.4. The first-order chi connectivity index (χ1) is 11.5. The summed E-state index contributed by atoms with van der Waals surface area (Å²) in [6, 6.07) is 6.49. The number of halogens is 2. The number of hydrogen-bond donors (Lipinski definition) is 1. The van der Waals surface area contributed by atoms with Crippen LogP contribution >= 0.6 is 11.6 Å². The number of fused-ring (bicyclic) bond motifs is 1. The fourth-order valence-corrected chi connectivity index (χ4v) is 2.67. The molecular weight excluding hydrogens is 331 g/mol. The molecule has 1 aromatic heterocycles. The largest absolute Gasteiger partial charge is 0.472 e. The summed E-state index contributed by atoms with van der Waals surface area (Å²) < 4.78 is 24.3. The van der Waals surface area contributed by atoms with Crippen molar-refractivity contribution in [3.63, 3.8) is 0 Å². The van der Waals surface area contributed by atoms with Gasteiger partial charge in [0.15, 0.2) is 0 Å². The maximum absolute atomic E-state index is 13.4. The molecule has 0 spiro atoms. The molecule has 0 bridgehead atoms. The molecule has 2 aromatic rings. The van der Waals surface area contributed by atoms with Gasteiger partial charge >= 0.3 is 0 Å². The van der Waals surface area contributed by atoms with Crippen LogP contribution in [0.4, 0.5) is 4.39 Å². The lowest BCUT2D eigenvalue weighted by molar-refractivity contribution is -0.0991. The molecule has 3 rings (SSSR count). The van der Waals surface area contributed by atoms with Gasteiger partial charge in [-0.25, -0.2) is 9.37 Å². The van der Waals surface area contributed by atoms with Gasteiger partial charge in [-0.05, 0) is 18.2 Å². The molecular formula is C18H20ClFN2O2. The Balaban J connectivity index is 1.80. The van der Waals surface area contributed by atoms with Crippen LogP contribution in [0.3, 0.4) is 0 Å². The Morgan fingerprint density at radius 1 is 1.46 bits per heavy atom. The number of benzene rings is 1. The van der Waals surface area contributed by atoms with E-state index in [1.54, 1.807) is 6.07 Å². The lowest BCUT2D eigenvalue weighted by atomic mass is 9.89. The summed E-state index contributed by atoms with van der Waals surface area (Å²) in [5.41, 5.74) is 1.63. The number of nitrogens with one attached hydrogen (secondary N) is 1. The Hall–Kier alpha value is -1.69. The van der Waals surface area contributed by atoms with Gasteiger partial charge in [-0.15, -0.1) is 0 Å². The monoisotopic (exact) mass is 350 g/mol. The van der Waals surface area contributed by atoms with Crippen molar-refractivity contribution in [1.82, 2.24) is 10.3 Å². The van der Waals surface area contributed by atoms with E-state index in [1.165, 1.54) is 12.1 Å². The molecule has 1 aromatic carbocycles. The smallest absolute Gasteiger partial charge is 0.218 e. The average molecular weight is 351 g/mol. The Morgan fingerprint density at radius 3 is 2.92 bits per heavy atom. The van der Waals surface area contributed by atoms with Crippen LogP contribution in [-0.4, -0.2) is 31.3 Å². The predicted molar refractivity (Wildman–Crippen MR) is 92.8 cm³/mol. The van der Waals surface area contributed by atoms with Gasteiger partial charge in [-0.3, -0.25) is 0 Å². The first-order valence-electron chi connectivity index (χ1n) is 7.79. The third-order valence-electron chi connectivity index (χ3n) is 3.95. The summed E-state index contributed by atoms with van der Waals surface area (Å²) in [5.74, 6) is 0.115. The molecule has 2 heterocycles. The lowest BCUT2D eigenvalue weighted by Crippen LogP contribution is -2.47. The minimum absolute atomic E-state index is 0.161. The van der Waals surface area contributed by atoms with E-state index in [0.717, 1.165) is 30.7 Å². The van der Waals surface area contributed by atoms with Gasteiger partial charge in [0.1, 0.15) is 12.4 Å². The van der Waals surface area contributed by atoms with Crippen molar-refractivity contribution in [2.24, 2.45) is 5.41 Å². The van der Waals surface area contributed by atoms with E-state index in [-0.39, 0.29) is 17.8 Å². The zero-order valence-corrected chi connectivity index (χ0v) is 14.3. The minimum atomic E-state index is -0.327. The molecule has 4 nitrogen and oxygen atoms in total. The molecule has 0 radical (unpaired) electrons. The summed E-state index contributed by atoms with van der Waals surface area (Å²) in [6.07, 6.45) is 0. The lowest BCUT2D eigenvalue weighted by Gasteiger charge is -2.38. The SMILES string of the molecule is C=C(Cl)COc1nc2cc(F)ccc2cc1CNCC1(C)COC1. The molecule has 0 amide bonds. The highest BCUT2D eigenvalue weighted by Crippen LogP contribution is 2.27. The van der Waals surface area contributed by atoms with Crippen molar-refractivity contribution in [2.75, 3.05) is 26.4 Å². The molecule has 6 heteroatoms. The Kier molecular flexibility index (Phi) is 5.04. The number of nitrogens with zero attached hydrogens (tertiary/aromatic N) is 1. The maximum Gasteiger partial charge on any atom is 0.218 e. The third kappa shape index (κ3) is 4.04. The summed E-state index contributed by atoms with van der Waals surface area (Å²) in [4.78, 5) is 4.43. The molecule has 0 aliphatic carbocycles. The summed E-state index contributed by atoms with van der Waals surface area (Å²) >= 11 is 5.78. The van der Waals surface area contributed by atoms with E-state index in [4.69, 9.17) is 21.1 Å². The fraction of sp³-hybridized carbons (Fsp3) is 0.389. The van der Waals surface area contributed by atoms with E-state index < -0.39 is 0 Å². The minimum Gasteiger partial charge on any atom is -0.472 e. The Bertz CT molecular complexity index is 762. The second-order valence-corrected chi connectivity index (χ2v) is 7.04. The number of pyridine rings is 1. The average Bonchev–Trinajstić information content (AvgIpc) is 2.51. The standard InChI is InChI=1S/C18H20ClFN2O2/c1-12(19)8-24-17-14(7-21-9-18(2)10-23-11-18)5-13-3-4-15(20)6-16(13)22-17/h3-6,21H,1,7-11H2,2H3.